The number of carbonyl (C=O) groups excluding carboxylic acids is 1. The van der Waals surface area contributed by atoms with Crippen molar-refractivity contribution in [3.8, 4) is 0 Å². The first-order valence-corrected chi connectivity index (χ1v) is 7.94. The van der Waals surface area contributed by atoms with E-state index in [4.69, 9.17) is 4.74 Å². The molecule has 0 bridgehead atoms. The Morgan fingerprint density at radius 2 is 1.91 bits per heavy atom. The summed E-state index contributed by atoms with van der Waals surface area (Å²) in [5.41, 5.74) is 1.81. The summed E-state index contributed by atoms with van der Waals surface area (Å²) >= 11 is 1.51. The molecular weight excluding hydrogens is 300 g/mol. The molecule has 0 aliphatic rings. The molecule has 2 atom stereocenters. The van der Waals surface area contributed by atoms with Gasteiger partial charge in [-0.1, -0.05) is 30.3 Å². The smallest absolute Gasteiger partial charge is 0.314 e. The Labute approximate surface area is 133 Å². The van der Waals surface area contributed by atoms with Crippen molar-refractivity contribution in [1.29, 1.82) is 0 Å². The molecule has 0 radical (unpaired) electrons. The zero-order chi connectivity index (χ0) is 15.8. The fourth-order valence-corrected chi connectivity index (χ4v) is 2.73. The van der Waals surface area contributed by atoms with E-state index < -0.39 is 6.10 Å². The lowest BCUT2D eigenvalue weighted by Gasteiger charge is -2.17. The molecule has 6 heteroatoms. The van der Waals surface area contributed by atoms with Crippen LogP contribution in [-0.2, 0) is 4.74 Å². The van der Waals surface area contributed by atoms with E-state index in [1.165, 1.54) is 11.3 Å². The third-order valence-corrected chi connectivity index (χ3v) is 3.99. The number of amides is 2. The molecule has 0 spiro atoms. The lowest BCUT2D eigenvalue weighted by atomic mass is 10.1. The minimum atomic E-state index is -0.690. The summed E-state index contributed by atoms with van der Waals surface area (Å²) in [5, 5.41) is 19.1. The highest BCUT2D eigenvalue weighted by molar-refractivity contribution is 7.07. The molecule has 3 N–H and O–H groups in total. The van der Waals surface area contributed by atoms with Crippen LogP contribution in [0, 0.1) is 0 Å². The molecule has 1 aromatic heterocycles. The fraction of sp³-hybridized carbons (Fsp3) is 0.312. The largest absolute Gasteiger partial charge is 0.387 e. The Kier molecular flexibility index (Phi) is 6.39. The molecular formula is C16H20N2O3S. The van der Waals surface area contributed by atoms with Gasteiger partial charge in [0, 0.05) is 20.2 Å². The van der Waals surface area contributed by atoms with Gasteiger partial charge >= 0.3 is 6.03 Å². The van der Waals surface area contributed by atoms with Crippen LogP contribution < -0.4 is 10.6 Å². The quantitative estimate of drug-likeness (QED) is 0.734. The summed E-state index contributed by atoms with van der Waals surface area (Å²) in [6.07, 6.45) is -0.891. The van der Waals surface area contributed by atoms with Crippen LogP contribution in [-0.4, -0.2) is 31.3 Å². The van der Waals surface area contributed by atoms with Gasteiger partial charge in [-0.05, 0) is 28.0 Å². The summed E-state index contributed by atoms with van der Waals surface area (Å²) in [5.74, 6) is 0. The Hall–Kier alpha value is -1.89. The minimum absolute atomic E-state index is 0.172. The predicted molar refractivity (Wildman–Crippen MR) is 86.9 cm³/mol. The number of aliphatic hydroxyl groups excluding tert-OH is 1. The number of hydrogen-bond donors (Lipinski definition) is 3. The van der Waals surface area contributed by atoms with Crippen LogP contribution in [0.25, 0.3) is 0 Å². The average Bonchev–Trinajstić information content (AvgIpc) is 3.09. The van der Waals surface area contributed by atoms with Crippen molar-refractivity contribution in [1.82, 2.24) is 10.6 Å². The number of urea groups is 1. The van der Waals surface area contributed by atoms with Gasteiger partial charge in [0.05, 0.1) is 12.2 Å². The van der Waals surface area contributed by atoms with Crippen molar-refractivity contribution in [2.24, 2.45) is 0 Å². The molecule has 1 aromatic carbocycles. The summed E-state index contributed by atoms with van der Waals surface area (Å²) in [6.45, 7) is 0.534. The number of benzene rings is 1. The van der Waals surface area contributed by atoms with E-state index in [1.54, 1.807) is 7.11 Å². The Balaban J connectivity index is 1.75. The van der Waals surface area contributed by atoms with Crippen molar-refractivity contribution in [2.75, 3.05) is 20.2 Å². The van der Waals surface area contributed by atoms with Gasteiger partial charge in [0.25, 0.3) is 0 Å². The average molecular weight is 320 g/mol. The third kappa shape index (κ3) is 4.84. The van der Waals surface area contributed by atoms with Gasteiger partial charge in [-0.15, -0.1) is 0 Å². The van der Waals surface area contributed by atoms with Gasteiger partial charge in [-0.3, -0.25) is 0 Å². The highest BCUT2D eigenvalue weighted by atomic mass is 32.1. The predicted octanol–water partition coefficient (Wildman–Crippen LogP) is 2.47. The molecule has 0 saturated carbocycles. The Morgan fingerprint density at radius 1 is 1.18 bits per heavy atom. The first-order chi connectivity index (χ1) is 10.7. The number of carbonyl (C=O) groups is 1. The second kappa shape index (κ2) is 8.53. The zero-order valence-electron chi connectivity index (χ0n) is 12.4. The van der Waals surface area contributed by atoms with Crippen LogP contribution in [0.5, 0.6) is 0 Å². The summed E-state index contributed by atoms with van der Waals surface area (Å²) in [7, 11) is 1.61. The first kappa shape index (κ1) is 16.5. The van der Waals surface area contributed by atoms with E-state index in [2.05, 4.69) is 10.6 Å². The molecule has 2 unspecified atom stereocenters. The summed E-state index contributed by atoms with van der Waals surface area (Å²) in [6, 6.07) is 11.2. The van der Waals surface area contributed by atoms with E-state index >= 15 is 0 Å². The monoisotopic (exact) mass is 320 g/mol. The van der Waals surface area contributed by atoms with Gasteiger partial charge in [0.2, 0.25) is 0 Å². The highest BCUT2D eigenvalue weighted by Gasteiger charge is 2.13. The molecule has 0 saturated heterocycles. The molecule has 1 heterocycles. The van der Waals surface area contributed by atoms with E-state index in [0.717, 1.165) is 11.1 Å². The molecule has 0 fully saturated rings. The van der Waals surface area contributed by atoms with E-state index in [9.17, 15) is 9.90 Å². The molecule has 2 rings (SSSR count). The molecule has 118 valence electrons. The van der Waals surface area contributed by atoms with Crippen molar-refractivity contribution in [3.05, 3.63) is 58.3 Å². The SMILES string of the molecule is COC(CNC(=O)NCC(O)c1ccsc1)c1ccccc1. The van der Waals surface area contributed by atoms with Crippen molar-refractivity contribution in [3.63, 3.8) is 0 Å². The number of methoxy groups -OCH3 is 1. The maximum absolute atomic E-state index is 11.8. The number of nitrogens with one attached hydrogen (secondary N) is 2. The molecule has 0 aliphatic heterocycles. The number of ether oxygens (including phenoxy) is 1. The second-order valence-corrected chi connectivity index (χ2v) is 5.58. The van der Waals surface area contributed by atoms with Crippen LogP contribution in [0.3, 0.4) is 0 Å². The topological polar surface area (TPSA) is 70.6 Å². The van der Waals surface area contributed by atoms with E-state index in [-0.39, 0.29) is 18.7 Å². The number of rotatable bonds is 7. The van der Waals surface area contributed by atoms with E-state index in [1.807, 2.05) is 47.2 Å². The zero-order valence-corrected chi connectivity index (χ0v) is 13.2. The van der Waals surface area contributed by atoms with Crippen molar-refractivity contribution < 1.29 is 14.6 Å². The van der Waals surface area contributed by atoms with Gasteiger partial charge in [0.1, 0.15) is 0 Å². The normalized spacial score (nSPS) is 13.4. The molecule has 5 nitrogen and oxygen atoms in total. The fourth-order valence-electron chi connectivity index (χ4n) is 2.02. The number of aliphatic hydroxyl groups is 1. The maximum Gasteiger partial charge on any atom is 0.314 e. The highest BCUT2D eigenvalue weighted by Crippen LogP contribution is 2.16. The van der Waals surface area contributed by atoms with E-state index in [0.29, 0.717) is 6.54 Å². The van der Waals surface area contributed by atoms with Gasteiger partial charge in [-0.2, -0.15) is 11.3 Å². The lowest BCUT2D eigenvalue weighted by molar-refractivity contribution is 0.103. The minimum Gasteiger partial charge on any atom is -0.387 e. The van der Waals surface area contributed by atoms with Crippen LogP contribution in [0.2, 0.25) is 0 Å². The number of hydrogen-bond acceptors (Lipinski definition) is 4. The maximum atomic E-state index is 11.8. The second-order valence-electron chi connectivity index (χ2n) is 4.80. The number of thiophene rings is 1. The Bertz CT molecular complexity index is 560. The molecule has 2 amide bonds. The van der Waals surface area contributed by atoms with Crippen LogP contribution in [0.1, 0.15) is 23.3 Å². The summed E-state index contributed by atoms with van der Waals surface area (Å²) in [4.78, 5) is 11.8. The molecule has 22 heavy (non-hydrogen) atoms. The van der Waals surface area contributed by atoms with Crippen LogP contribution in [0.15, 0.2) is 47.2 Å². The van der Waals surface area contributed by atoms with Gasteiger partial charge in [-0.25, -0.2) is 4.79 Å². The Morgan fingerprint density at radius 3 is 2.55 bits per heavy atom. The standard InChI is InChI=1S/C16H20N2O3S/c1-21-15(12-5-3-2-4-6-12)10-18-16(20)17-9-14(19)13-7-8-22-11-13/h2-8,11,14-15,19H,9-10H2,1H3,(H2,17,18,20). The van der Waals surface area contributed by atoms with Crippen molar-refractivity contribution >= 4 is 17.4 Å². The summed E-state index contributed by atoms with van der Waals surface area (Å²) < 4.78 is 5.38. The lowest BCUT2D eigenvalue weighted by Crippen LogP contribution is -2.39. The van der Waals surface area contributed by atoms with Gasteiger partial charge in [0.15, 0.2) is 0 Å². The first-order valence-electron chi connectivity index (χ1n) is 7.00. The van der Waals surface area contributed by atoms with Crippen LogP contribution >= 0.6 is 11.3 Å². The van der Waals surface area contributed by atoms with Crippen LogP contribution in [0.4, 0.5) is 4.79 Å². The third-order valence-electron chi connectivity index (χ3n) is 3.29. The molecule has 0 aliphatic carbocycles. The van der Waals surface area contributed by atoms with Crippen molar-refractivity contribution in [2.45, 2.75) is 12.2 Å². The van der Waals surface area contributed by atoms with Gasteiger partial charge < -0.3 is 20.5 Å². The molecule has 2 aromatic rings.